The molecule has 0 aliphatic carbocycles. The fourth-order valence-corrected chi connectivity index (χ4v) is 0.953. The summed E-state index contributed by atoms with van der Waals surface area (Å²) in [6.45, 7) is 0. The highest BCUT2D eigenvalue weighted by molar-refractivity contribution is 5.99. The van der Waals surface area contributed by atoms with E-state index < -0.39 is 29.5 Å². The van der Waals surface area contributed by atoms with Gasteiger partial charge in [-0.2, -0.15) is 13.2 Å². The van der Waals surface area contributed by atoms with E-state index in [0.717, 1.165) is 6.20 Å². The van der Waals surface area contributed by atoms with Gasteiger partial charge in [0.2, 0.25) is 5.78 Å². The molecule has 0 saturated heterocycles. The van der Waals surface area contributed by atoms with E-state index in [4.69, 9.17) is 0 Å². The van der Waals surface area contributed by atoms with E-state index in [2.05, 4.69) is 4.98 Å². The lowest BCUT2D eigenvalue weighted by atomic mass is 10.1. The molecule has 1 aromatic heterocycles. The number of hydrogen-bond acceptors (Lipinski definition) is 2. The highest BCUT2D eigenvalue weighted by Gasteiger charge is 2.37. The number of halogens is 5. The molecule has 1 aromatic rings. The number of rotatable bonds is 2. The van der Waals surface area contributed by atoms with E-state index in [-0.39, 0.29) is 0 Å². The van der Waals surface area contributed by atoms with Gasteiger partial charge in [-0.1, -0.05) is 0 Å². The zero-order valence-corrected chi connectivity index (χ0v) is 7.05. The minimum atomic E-state index is -4.87. The van der Waals surface area contributed by atoms with Crippen LogP contribution in [0.1, 0.15) is 15.9 Å². The molecule has 0 N–H and O–H groups in total. The summed E-state index contributed by atoms with van der Waals surface area (Å²) in [5, 5.41) is 0. The zero-order chi connectivity index (χ0) is 11.6. The summed E-state index contributed by atoms with van der Waals surface area (Å²) >= 11 is 0. The second-order valence-electron chi connectivity index (χ2n) is 2.58. The Balaban J connectivity index is 3.25. The van der Waals surface area contributed by atoms with E-state index in [9.17, 15) is 26.7 Å². The second kappa shape index (κ2) is 3.92. The quantitative estimate of drug-likeness (QED) is 0.571. The minimum absolute atomic E-state index is 0.343. The summed E-state index contributed by atoms with van der Waals surface area (Å²) in [5.41, 5.74) is -2.51. The van der Waals surface area contributed by atoms with Gasteiger partial charge < -0.3 is 0 Å². The Bertz CT molecular complexity index is 374. The lowest BCUT2D eigenvalue weighted by Crippen LogP contribution is -2.18. The molecule has 7 heteroatoms. The third-order valence-electron chi connectivity index (χ3n) is 1.59. The minimum Gasteiger partial charge on any atom is -0.288 e. The Labute approximate surface area is 80.7 Å². The highest BCUT2D eigenvalue weighted by Crippen LogP contribution is 2.31. The van der Waals surface area contributed by atoms with Crippen LogP contribution in [0.15, 0.2) is 18.5 Å². The summed E-state index contributed by atoms with van der Waals surface area (Å²) in [4.78, 5) is 13.9. The van der Waals surface area contributed by atoms with Gasteiger partial charge in [0.1, 0.15) is 0 Å². The molecule has 0 radical (unpaired) electrons. The van der Waals surface area contributed by atoms with Gasteiger partial charge in [-0.25, -0.2) is 8.78 Å². The van der Waals surface area contributed by atoms with Crippen molar-refractivity contribution in [1.29, 1.82) is 0 Å². The Hall–Kier alpha value is -1.53. The van der Waals surface area contributed by atoms with Crippen LogP contribution in [0.2, 0.25) is 0 Å². The maximum Gasteiger partial charge on any atom is 0.418 e. The summed E-state index contributed by atoms with van der Waals surface area (Å²) in [7, 11) is 0. The van der Waals surface area contributed by atoms with Gasteiger partial charge in [0, 0.05) is 18.0 Å². The lowest BCUT2D eigenvalue weighted by Gasteiger charge is -2.10. The zero-order valence-electron chi connectivity index (χ0n) is 7.05. The molecule has 0 spiro atoms. The van der Waals surface area contributed by atoms with Crippen LogP contribution in [-0.4, -0.2) is 17.2 Å². The molecule has 0 aliphatic heterocycles. The van der Waals surface area contributed by atoms with Crippen LogP contribution in [0, 0.1) is 0 Å². The number of pyridine rings is 1. The summed E-state index contributed by atoms with van der Waals surface area (Å²) < 4.78 is 60.6. The molecule has 15 heavy (non-hydrogen) atoms. The van der Waals surface area contributed by atoms with Crippen LogP contribution in [-0.2, 0) is 6.18 Å². The van der Waals surface area contributed by atoms with Crippen molar-refractivity contribution in [3.8, 4) is 0 Å². The van der Waals surface area contributed by atoms with Gasteiger partial charge in [0.05, 0.1) is 5.56 Å². The molecule has 0 atom stereocenters. The maximum atomic E-state index is 12.2. The molecule has 0 saturated carbocycles. The Morgan fingerprint density at radius 1 is 1.33 bits per heavy atom. The molecular formula is C8H4F5NO. The van der Waals surface area contributed by atoms with Crippen LogP contribution in [0.25, 0.3) is 0 Å². The first-order valence-electron chi connectivity index (χ1n) is 3.67. The summed E-state index contributed by atoms with van der Waals surface area (Å²) in [5.74, 6) is -1.86. The molecule has 2 nitrogen and oxygen atoms in total. The van der Waals surface area contributed by atoms with Gasteiger partial charge in [0.25, 0.3) is 0 Å². The maximum absolute atomic E-state index is 12.2. The molecule has 0 fully saturated rings. The highest BCUT2D eigenvalue weighted by atomic mass is 19.4. The topological polar surface area (TPSA) is 30.0 Å². The van der Waals surface area contributed by atoms with Crippen molar-refractivity contribution >= 4 is 5.78 Å². The molecular weight excluding hydrogens is 221 g/mol. The van der Waals surface area contributed by atoms with Crippen molar-refractivity contribution in [2.45, 2.75) is 12.6 Å². The van der Waals surface area contributed by atoms with Gasteiger partial charge in [-0.05, 0) is 6.07 Å². The standard InChI is InChI=1S/C8H4F5NO/c9-7(10)6(15)4-1-2-14-3-5(4)8(11,12)13/h1-3,7H. The molecule has 0 amide bonds. The normalized spacial score (nSPS) is 11.9. The SMILES string of the molecule is O=C(c1ccncc1C(F)(F)F)C(F)F. The number of hydrogen-bond donors (Lipinski definition) is 0. The van der Waals surface area contributed by atoms with E-state index in [1.165, 1.54) is 0 Å². The van der Waals surface area contributed by atoms with Crippen LogP contribution in [0.3, 0.4) is 0 Å². The lowest BCUT2D eigenvalue weighted by molar-refractivity contribution is -0.138. The van der Waals surface area contributed by atoms with Crippen LogP contribution in [0.5, 0.6) is 0 Å². The van der Waals surface area contributed by atoms with Gasteiger partial charge in [-0.3, -0.25) is 9.78 Å². The number of carbonyl (C=O) groups excluding carboxylic acids is 1. The van der Waals surface area contributed by atoms with Gasteiger partial charge in [0.15, 0.2) is 0 Å². The smallest absolute Gasteiger partial charge is 0.288 e. The van der Waals surface area contributed by atoms with E-state index in [1.54, 1.807) is 0 Å². The predicted octanol–water partition coefficient (Wildman–Crippen LogP) is 2.55. The van der Waals surface area contributed by atoms with Crippen molar-refractivity contribution in [3.63, 3.8) is 0 Å². The third-order valence-corrected chi connectivity index (χ3v) is 1.59. The Kier molecular flexibility index (Phi) is 3.01. The number of nitrogens with zero attached hydrogens (tertiary/aromatic N) is 1. The van der Waals surface area contributed by atoms with Crippen LogP contribution >= 0.6 is 0 Å². The van der Waals surface area contributed by atoms with E-state index in [0.29, 0.717) is 12.3 Å². The van der Waals surface area contributed by atoms with Gasteiger partial charge >= 0.3 is 12.6 Å². The number of Topliss-reactive ketones (excluding diaryl/α,β-unsaturated/α-hetero) is 1. The number of carbonyl (C=O) groups is 1. The predicted molar refractivity (Wildman–Crippen MR) is 39.6 cm³/mol. The van der Waals surface area contributed by atoms with E-state index >= 15 is 0 Å². The molecule has 1 rings (SSSR count). The van der Waals surface area contributed by atoms with Crippen molar-refractivity contribution in [1.82, 2.24) is 4.98 Å². The fraction of sp³-hybridized carbons (Fsp3) is 0.250. The van der Waals surface area contributed by atoms with Crippen LogP contribution in [0.4, 0.5) is 22.0 Å². The molecule has 0 bridgehead atoms. The van der Waals surface area contributed by atoms with Crippen molar-refractivity contribution in [3.05, 3.63) is 29.6 Å². The fourth-order valence-electron chi connectivity index (χ4n) is 0.953. The van der Waals surface area contributed by atoms with Gasteiger partial charge in [-0.15, -0.1) is 0 Å². The van der Waals surface area contributed by atoms with Crippen LogP contribution < -0.4 is 0 Å². The average Bonchev–Trinajstić information content (AvgIpc) is 2.15. The largest absolute Gasteiger partial charge is 0.418 e. The first kappa shape index (κ1) is 11.5. The molecule has 0 unspecified atom stereocenters. The van der Waals surface area contributed by atoms with Crippen molar-refractivity contribution < 1.29 is 26.7 Å². The second-order valence-corrected chi connectivity index (χ2v) is 2.58. The molecule has 0 aliphatic rings. The summed E-state index contributed by atoms with van der Waals surface area (Å²) in [6, 6.07) is 0.622. The Morgan fingerprint density at radius 3 is 2.40 bits per heavy atom. The van der Waals surface area contributed by atoms with Crippen molar-refractivity contribution in [2.24, 2.45) is 0 Å². The molecule has 1 heterocycles. The molecule has 0 aromatic carbocycles. The first-order valence-corrected chi connectivity index (χ1v) is 3.67. The Morgan fingerprint density at radius 2 is 1.93 bits per heavy atom. The summed E-state index contributed by atoms with van der Waals surface area (Å²) in [6.07, 6.45) is -7.14. The van der Waals surface area contributed by atoms with Crippen molar-refractivity contribution in [2.75, 3.05) is 0 Å². The number of alkyl halides is 5. The number of aromatic nitrogens is 1. The van der Waals surface area contributed by atoms with E-state index in [1.807, 2.05) is 0 Å². The third kappa shape index (κ3) is 2.48. The first-order chi connectivity index (χ1) is 6.84. The number of ketones is 1. The average molecular weight is 225 g/mol. The monoisotopic (exact) mass is 225 g/mol. The molecule has 82 valence electrons.